The first kappa shape index (κ1) is 36.9. The number of rotatable bonds is 6. The number of phenolic OH excluding ortho intramolecular Hbond substituents is 1. The molecule has 2 aromatic rings. The smallest absolute Gasteiger partial charge is 0.490 e. The summed E-state index contributed by atoms with van der Waals surface area (Å²) in [7, 11) is 0. The van der Waals surface area contributed by atoms with Crippen LogP contribution in [0.5, 0.6) is 17.2 Å². The summed E-state index contributed by atoms with van der Waals surface area (Å²) in [5.41, 5.74) is 7.47. The number of carbonyl (C=O) groups excluding carboxylic acids is 1. The minimum absolute atomic E-state index is 0.0523. The van der Waals surface area contributed by atoms with Gasteiger partial charge in [0.1, 0.15) is 35.3 Å². The lowest BCUT2D eigenvalue weighted by molar-refractivity contribution is -0.193. The number of phenols is 1. The Bertz CT molecular complexity index is 1320. The maximum atomic E-state index is 13.5. The first-order valence-corrected chi connectivity index (χ1v) is 13.0. The van der Waals surface area contributed by atoms with E-state index in [0.717, 1.165) is 43.7 Å². The zero-order valence-corrected chi connectivity index (χ0v) is 23.5. The van der Waals surface area contributed by atoms with Crippen molar-refractivity contribution in [3.8, 4) is 17.2 Å². The van der Waals surface area contributed by atoms with E-state index in [4.69, 9.17) is 35.0 Å². The molecule has 45 heavy (non-hydrogen) atoms. The van der Waals surface area contributed by atoms with Gasteiger partial charge in [0.25, 0.3) is 0 Å². The Labute approximate surface area is 251 Å². The molecule has 0 unspecified atom stereocenters. The van der Waals surface area contributed by atoms with Gasteiger partial charge in [-0.2, -0.15) is 26.3 Å². The molecule has 0 saturated carbocycles. The van der Waals surface area contributed by atoms with Crippen molar-refractivity contribution in [1.29, 1.82) is 0 Å². The Hall–Kier alpha value is -4.32. The van der Waals surface area contributed by atoms with Crippen molar-refractivity contribution in [2.45, 2.75) is 50.2 Å². The van der Waals surface area contributed by atoms with Crippen LogP contribution in [0.4, 0.5) is 36.4 Å². The van der Waals surface area contributed by atoms with Gasteiger partial charge < -0.3 is 40.7 Å². The van der Waals surface area contributed by atoms with Crippen LogP contribution in [0, 0.1) is 5.82 Å². The van der Waals surface area contributed by atoms with Gasteiger partial charge >= 0.3 is 24.3 Å². The van der Waals surface area contributed by atoms with Crippen molar-refractivity contribution in [3.63, 3.8) is 0 Å². The number of likely N-dealkylation sites (tertiary alicyclic amines) is 1. The van der Waals surface area contributed by atoms with Crippen LogP contribution in [0.15, 0.2) is 36.4 Å². The quantitative estimate of drug-likeness (QED) is 0.227. The van der Waals surface area contributed by atoms with E-state index in [9.17, 15) is 40.6 Å². The number of carboxylic acids is 2. The molecule has 1 atom stereocenters. The maximum absolute atomic E-state index is 13.5. The fraction of sp³-hybridized carbons (Fsp3) is 0.444. The number of nitrogens with two attached hydrogens (primary N) is 1. The van der Waals surface area contributed by atoms with Gasteiger partial charge in [-0.15, -0.1) is 0 Å². The predicted octanol–water partition coefficient (Wildman–Crippen LogP) is 3.93. The largest absolute Gasteiger partial charge is 0.508 e. The molecule has 6 N–H and O–H groups in total. The summed E-state index contributed by atoms with van der Waals surface area (Å²) in [4.78, 5) is 31.4. The molecule has 2 aromatic carbocycles. The Morgan fingerprint density at radius 1 is 1.02 bits per heavy atom. The van der Waals surface area contributed by atoms with E-state index in [-0.39, 0.29) is 35.7 Å². The predicted molar refractivity (Wildman–Crippen MR) is 142 cm³/mol. The second-order valence-corrected chi connectivity index (χ2v) is 10.1. The van der Waals surface area contributed by atoms with Gasteiger partial charge in [-0.3, -0.25) is 4.79 Å². The van der Waals surface area contributed by atoms with E-state index in [1.807, 2.05) is 0 Å². The van der Waals surface area contributed by atoms with Crippen LogP contribution in [0.1, 0.15) is 25.3 Å². The number of carboxylic acid groups (broad SMARTS) is 2. The number of piperidine rings is 1. The number of halogens is 7. The topological polar surface area (TPSA) is 172 Å². The second kappa shape index (κ2) is 15.1. The summed E-state index contributed by atoms with van der Waals surface area (Å²) in [6.07, 6.45) is -7.71. The van der Waals surface area contributed by atoms with Crippen molar-refractivity contribution >= 4 is 23.5 Å². The van der Waals surface area contributed by atoms with E-state index >= 15 is 0 Å². The average Bonchev–Trinajstić information content (AvgIpc) is 3.26. The van der Waals surface area contributed by atoms with Crippen LogP contribution >= 0.6 is 0 Å². The Kier molecular flexibility index (Phi) is 12.4. The number of benzene rings is 2. The first-order chi connectivity index (χ1) is 20.7. The molecule has 2 aliphatic rings. The van der Waals surface area contributed by atoms with Crippen molar-refractivity contribution in [3.05, 3.63) is 47.8 Å². The number of fused-ring (bicyclic) bond motifs is 1. The van der Waals surface area contributed by atoms with Gasteiger partial charge in [-0.25, -0.2) is 14.0 Å². The lowest BCUT2D eigenvalue weighted by atomic mass is 9.87. The summed E-state index contributed by atoms with van der Waals surface area (Å²) in [5.74, 6) is -4.73. The molecular weight excluding hydrogens is 627 g/mol. The maximum Gasteiger partial charge on any atom is 0.490 e. The lowest BCUT2D eigenvalue weighted by Crippen LogP contribution is -2.51. The van der Waals surface area contributed by atoms with E-state index in [1.54, 1.807) is 18.2 Å². The molecule has 1 fully saturated rings. The summed E-state index contributed by atoms with van der Waals surface area (Å²) in [5, 5.41) is 26.6. The lowest BCUT2D eigenvalue weighted by Gasteiger charge is -2.39. The highest BCUT2D eigenvalue weighted by molar-refractivity contribution is 5.90. The van der Waals surface area contributed by atoms with Crippen molar-refractivity contribution in [1.82, 2.24) is 4.90 Å². The third-order valence-electron chi connectivity index (χ3n) is 6.34. The van der Waals surface area contributed by atoms with Crippen LogP contribution in [-0.2, 0) is 20.8 Å². The molecular formula is C27H30F7N3O8. The molecule has 0 aromatic heterocycles. The molecule has 11 nitrogen and oxygen atoms in total. The number of ether oxygens (including phenoxy) is 2. The monoisotopic (exact) mass is 657 g/mol. The molecule has 1 amide bonds. The number of alkyl halides is 6. The zero-order valence-electron chi connectivity index (χ0n) is 23.5. The Morgan fingerprint density at radius 2 is 1.58 bits per heavy atom. The van der Waals surface area contributed by atoms with Crippen LogP contribution in [0.3, 0.4) is 0 Å². The number of amides is 1. The SMILES string of the molecule is CC(=O)Nc1ccc(O)cc1OC[C@H](N)CN1CCC2(CC1)Cc1cc(F)ccc1O2.O=C(O)C(F)(F)F.O=C(O)C(F)(F)F. The van der Waals surface area contributed by atoms with Crippen LogP contribution in [-0.4, -0.2) is 88.3 Å². The number of nitrogens with one attached hydrogen (secondary N) is 1. The highest BCUT2D eigenvalue weighted by Gasteiger charge is 2.42. The fourth-order valence-electron chi connectivity index (χ4n) is 4.33. The number of carbonyl (C=O) groups is 3. The van der Waals surface area contributed by atoms with Gasteiger partial charge in [0.05, 0.1) is 11.7 Å². The Balaban J connectivity index is 0.000000421. The van der Waals surface area contributed by atoms with E-state index in [2.05, 4.69) is 10.2 Å². The van der Waals surface area contributed by atoms with Crippen LogP contribution < -0.4 is 20.5 Å². The number of hydrogen-bond acceptors (Lipinski definition) is 8. The van der Waals surface area contributed by atoms with E-state index in [1.165, 1.54) is 25.1 Å². The number of hydrogen-bond donors (Lipinski definition) is 5. The molecule has 4 rings (SSSR count). The normalized spacial score (nSPS) is 16.1. The number of nitrogens with zero attached hydrogens (tertiary/aromatic N) is 1. The summed E-state index contributed by atoms with van der Waals surface area (Å²) < 4.78 is 89.0. The molecule has 0 bridgehead atoms. The zero-order chi connectivity index (χ0) is 34.2. The van der Waals surface area contributed by atoms with Crippen molar-refractivity contribution in [2.75, 3.05) is 31.6 Å². The standard InChI is InChI=1S/C23H28FN3O4.2C2HF3O2/c1-15(28)26-20-4-3-19(29)11-22(20)30-14-18(25)13-27-8-6-23(7-9-27)12-16-10-17(24)2-5-21(16)31-23;2*3-2(4,5)1(6)7/h2-5,10-11,18,29H,6-9,12-14,25H2,1H3,(H,26,28);2*(H,6,7)/t18-;;/m1../s1. The van der Waals surface area contributed by atoms with Crippen molar-refractivity contribution < 1.29 is 69.9 Å². The number of aliphatic carboxylic acids is 2. The minimum Gasteiger partial charge on any atom is -0.508 e. The third kappa shape index (κ3) is 11.9. The van der Waals surface area contributed by atoms with Crippen LogP contribution in [0.25, 0.3) is 0 Å². The molecule has 2 aliphatic heterocycles. The van der Waals surface area contributed by atoms with Crippen molar-refractivity contribution in [2.24, 2.45) is 5.73 Å². The summed E-state index contributed by atoms with van der Waals surface area (Å²) in [6, 6.07) is 9.02. The number of anilines is 1. The second-order valence-electron chi connectivity index (χ2n) is 10.1. The summed E-state index contributed by atoms with van der Waals surface area (Å²) in [6.45, 7) is 4.00. The molecule has 1 spiro atoms. The summed E-state index contributed by atoms with van der Waals surface area (Å²) >= 11 is 0. The highest BCUT2D eigenvalue weighted by atomic mass is 19.4. The average molecular weight is 658 g/mol. The molecule has 250 valence electrons. The first-order valence-electron chi connectivity index (χ1n) is 13.0. The molecule has 18 heteroatoms. The van der Waals surface area contributed by atoms with Gasteiger partial charge in [0, 0.05) is 57.5 Å². The molecule has 0 radical (unpaired) electrons. The molecule has 0 aliphatic carbocycles. The fourth-order valence-corrected chi connectivity index (χ4v) is 4.33. The molecule has 2 heterocycles. The third-order valence-corrected chi connectivity index (χ3v) is 6.34. The minimum atomic E-state index is -5.08. The Morgan fingerprint density at radius 3 is 2.09 bits per heavy atom. The van der Waals surface area contributed by atoms with Crippen LogP contribution in [0.2, 0.25) is 0 Å². The van der Waals surface area contributed by atoms with Gasteiger partial charge in [-0.05, 0) is 30.3 Å². The van der Waals surface area contributed by atoms with Gasteiger partial charge in [0.15, 0.2) is 0 Å². The van der Waals surface area contributed by atoms with E-state index < -0.39 is 24.3 Å². The van der Waals surface area contributed by atoms with Gasteiger partial charge in [-0.1, -0.05) is 0 Å². The number of aromatic hydroxyl groups is 1. The molecule has 1 saturated heterocycles. The van der Waals surface area contributed by atoms with Gasteiger partial charge in [0.2, 0.25) is 5.91 Å². The van der Waals surface area contributed by atoms with E-state index in [0.29, 0.717) is 18.0 Å². The highest BCUT2D eigenvalue weighted by Crippen LogP contribution is 2.41.